The van der Waals surface area contributed by atoms with E-state index in [2.05, 4.69) is 5.32 Å². The second-order valence-electron chi connectivity index (χ2n) is 5.75. The Bertz CT molecular complexity index is 522. The lowest BCUT2D eigenvalue weighted by Crippen LogP contribution is -2.43. The number of hydrogen-bond donors (Lipinski definition) is 2. The van der Waals surface area contributed by atoms with Gasteiger partial charge in [-0.25, -0.2) is 4.39 Å². The number of anilines is 1. The summed E-state index contributed by atoms with van der Waals surface area (Å²) in [5.74, 6) is -0.326. The molecule has 0 bridgehead atoms. The summed E-state index contributed by atoms with van der Waals surface area (Å²) >= 11 is 0. The molecule has 1 rings (SSSR count). The van der Waals surface area contributed by atoms with Crippen molar-refractivity contribution in [1.29, 1.82) is 0 Å². The van der Waals surface area contributed by atoms with Gasteiger partial charge in [-0.05, 0) is 19.3 Å². The van der Waals surface area contributed by atoms with Crippen LogP contribution >= 0.6 is 0 Å². The van der Waals surface area contributed by atoms with Crippen molar-refractivity contribution in [2.75, 3.05) is 19.0 Å². The van der Waals surface area contributed by atoms with Crippen molar-refractivity contribution in [3.05, 3.63) is 28.1 Å². The molecule has 118 valence electrons. The first-order chi connectivity index (χ1) is 9.72. The van der Waals surface area contributed by atoms with E-state index in [0.29, 0.717) is 12.5 Å². The van der Waals surface area contributed by atoms with Crippen LogP contribution in [0.1, 0.15) is 27.2 Å². The zero-order valence-electron chi connectivity index (χ0n) is 12.8. The molecule has 0 amide bonds. The number of nitro groups is 1. The van der Waals surface area contributed by atoms with Gasteiger partial charge in [0.2, 0.25) is 0 Å². The van der Waals surface area contributed by atoms with Crippen LogP contribution in [0.4, 0.5) is 15.8 Å². The lowest BCUT2D eigenvalue weighted by atomic mass is 9.90. The van der Waals surface area contributed by atoms with Gasteiger partial charge in [0.25, 0.3) is 0 Å². The molecule has 0 aliphatic rings. The van der Waals surface area contributed by atoms with Crippen LogP contribution in [0.15, 0.2) is 12.1 Å². The van der Waals surface area contributed by atoms with Crippen LogP contribution in [0.25, 0.3) is 0 Å². The molecular formula is C14H22FN3O3. The first-order valence-electron chi connectivity index (χ1n) is 6.72. The highest BCUT2D eigenvalue weighted by atomic mass is 19.1. The zero-order valence-corrected chi connectivity index (χ0v) is 12.8. The minimum atomic E-state index is -0.703. The Balaban J connectivity index is 3.16. The Morgan fingerprint density at radius 2 is 2.14 bits per heavy atom. The van der Waals surface area contributed by atoms with Crippen LogP contribution in [0, 0.1) is 21.8 Å². The summed E-state index contributed by atoms with van der Waals surface area (Å²) in [5.41, 5.74) is 5.01. The van der Waals surface area contributed by atoms with Crippen LogP contribution in [0.3, 0.4) is 0 Å². The maximum absolute atomic E-state index is 14.1. The first-order valence-corrected chi connectivity index (χ1v) is 6.72. The van der Waals surface area contributed by atoms with E-state index < -0.39 is 22.0 Å². The highest BCUT2D eigenvalue weighted by Crippen LogP contribution is 2.34. The van der Waals surface area contributed by atoms with Crippen molar-refractivity contribution < 1.29 is 14.1 Å². The van der Waals surface area contributed by atoms with Crippen molar-refractivity contribution in [3.8, 4) is 5.75 Å². The molecule has 0 saturated heterocycles. The standard InChI is InChI=1S/C14H22FN3O3/c1-9(2)7-14(3,8-16)17-11-6-13(21-4)12(18(19)20)5-10(11)15/h5-6,9,17H,7-8,16H2,1-4H3. The predicted octanol–water partition coefficient (Wildman–Crippen LogP) is 2.92. The van der Waals surface area contributed by atoms with Crippen LogP contribution < -0.4 is 15.8 Å². The molecule has 0 radical (unpaired) electrons. The van der Waals surface area contributed by atoms with Crippen molar-refractivity contribution in [2.24, 2.45) is 11.7 Å². The van der Waals surface area contributed by atoms with Crippen molar-refractivity contribution in [1.82, 2.24) is 0 Å². The van der Waals surface area contributed by atoms with Gasteiger partial charge < -0.3 is 15.8 Å². The average Bonchev–Trinajstić information content (AvgIpc) is 2.39. The van der Waals surface area contributed by atoms with Gasteiger partial charge in [-0.3, -0.25) is 10.1 Å². The Labute approximate surface area is 123 Å². The van der Waals surface area contributed by atoms with E-state index in [0.717, 1.165) is 12.5 Å². The summed E-state index contributed by atoms with van der Waals surface area (Å²) in [6, 6.07) is 2.15. The van der Waals surface area contributed by atoms with Gasteiger partial charge in [0, 0.05) is 18.2 Å². The van der Waals surface area contributed by atoms with Gasteiger partial charge >= 0.3 is 5.69 Å². The third kappa shape index (κ3) is 4.29. The van der Waals surface area contributed by atoms with Crippen molar-refractivity contribution in [3.63, 3.8) is 0 Å². The highest BCUT2D eigenvalue weighted by molar-refractivity contribution is 5.60. The minimum Gasteiger partial charge on any atom is -0.490 e. The number of methoxy groups -OCH3 is 1. The number of ether oxygens (including phenoxy) is 1. The molecule has 0 aliphatic heterocycles. The number of nitrogens with two attached hydrogens (primary N) is 1. The maximum atomic E-state index is 14.1. The van der Waals surface area contributed by atoms with E-state index in [1.807, 2.05) is 20.8 Å². The number of hydrogen-bond acceptors (Lipinski definition) is 5. The fourth-order valence-corrected chi connectivity index (χ4v) is 2.36. The van der Waals surface area contributed by atoms with Crippen LogP contribution in [0.5, 0.6) is 5.75 Å². The fraction of sp³-hybridized carbons (Fsp3) is 0.571. The Morgan fingerprint density at radius 3 is 2.57 bits per heavy atom. The molecule has 0 fully saturated rings. The molecule has 3 N–H and O–H groups in total. The Kier molecular flexibility index (Phi) is 5.48. The number of rotatable bonds is 7. The molecule has 1 unspecified atom stereocenters. The number of halogens is 1. The van der Waals surface area contributed by atoms with Crippen LogP contribution in [-0.4, -0.2) is 24.1 Å². The second kappa shape index (κ2) is 6.71. The topological polar surface area (TPSA) is 90.4 Å². The molecule has 0 spiro atoms. The summed E-state index contributed by atoms with van der Waals surface area (Å²) in [7, 11) is 1.31. The van der Waals surface area contributed by atoms with E-state index in [4.69, 9.17) is 10.5 Å². The molecule has 6 nitrogen and oxygen atoms in total. The monoisotopic (exact) mass is 299 g/mol. The smallest absolute Gasteiger partial charge is 0.313 e. The van der Waals surface area contributed by atoms with Crippen LogP contribution in [0.2, 0.25) is 0 Å². The van der Waals surface area contributed by atoms with E-state index in [-0.39, 0.29) is 11.4 Å². The molecule has 0 heterocycles. The molecule has 1 atom stereocenters. The molecule has 0 aromatic heterocycles. The summed E-state index contributed by atoms with van der Waals surface area (Å²) < 4.78 is 19.0. The number of nitro benzene ring substituents is 1. The lowest BCUT2D eigenvalue weighted by molar-refractivity contribution is -0.385. The molecule has 0 aliphatic carbocycles. The Hall–Kier alpha value is -1.89. The summed E-state index contributed by atoms with van der Waals surface area (Å²) in [6.45, 7) is 6.29. The quantitative estimate of drug-likeness (QED) is 0.596. The van der Waals surface area contributed by atoms with E-state index in [9.17, 15) is 14.5 Å². The molecule has 1 aromatic rings. The van der Waals surface area contributed by atoms with Crippen molar-refractivity contribution >= 4 is 11.4 Å². The number of nitrogens with one attached hydrogen (secondary N) is 1. The zero-order chi connectivity index (χ0) is 16.2. The van der Waals surface area contributed by atoms with Gasteiger partial charge in [-0.1, -0.05) is 13.8 Å². The third-order valence-electron chi connectivity index (χ3n) is 3.21. The predicted molar refractivity (Wildman–Crippen MR) is 80.1 cm³/mol. The largest absolute Gasteiger partial charge is 0.490 e. The van der Waals surface area contributed by atoms with E-state index in [1.54, 1.807) is 0 Å². The number of benzene rings is 1. The van der Waals surface area contributed by atoms with Crippen molar-refractivity contribution in [2.45, 2.75) is 32.7 Å². The Morgan fingerprint density at radius 1 is 1.52 bits per heavy atom. The fourth-order valence-electron chi connectivity index (χ4n) is 2.36. The number of nitrogens with zero attached hydrogens (tertiary/aromatic N) is 1. The highest BCUT2D eigenvalue weighted by Gasteiger charge is 2.27. The van der Waals surface area contributed by atoms with Gasteiger partial charge in [0.15, 0.2) is 11.6 Å². The van der Waals surface area contributed by atoms with E-state index >= 15 is 0 Å². The average molecular weight is 299 g/mol. The lowest BCUT2D eigenvalue weighted by Gasteiger charge is -2.32. The molecule has 21 heavy (non-hydrogen) atoms. The van der Waals surface area contributed by atoms with E-state index in [1.165, 1.54) is 13.2 Å². The first kappa shape index (κ1) is 17.2. The van der Waals surface area contributed by atoms with Gasteiger partial charge in [0.05, 0.1) is 23.8 Å². The summed E-state index contributed by atoms with van der Waals surface area (Å²) in [6.07, 6.45) is 0.738. The molecule has 0 saturated carbocycles. The maximum Gasteiger partial charge on any atom is 0.313 e. The second-order valence-corrected chi connectivity index (χ2v) is 5.75. The normalized spacial score (nSPS) is 13.9. The minimum absolute atomic E-state index is 0.00724. The molecule has 7 heteroatoms. The van der Waals surface area contributed by atoms with Gasteiger partial charge in [-0.2, -0.15) is 0 Å². The van der Waals surface area contributed by atoms with Gasteiger partial charge in [0.1, 0.15) is 0 Å². The SMILES string of the molecule is COc1cc(NC(C)(CN)CC(C)C)c(F)cc1[N+](=O)[O-]. The summed E-state index contributed by atoms with van der Waals surface area (Å²) in [5, 5.41) is 13.9. The molecular weight excluding hydrogens is 277 g/mol. The molecule has 1 aromatic carbocycles. The third-order valence-corrected chi connectivity index (χ3v) is 3.21. The van der Waals surface area contributed by atoms with Crippen LogP contribution in [-0.2, 0) is 0 Å². The summed E-state index contributed by atoms with van der Waals surface area (Å²) in [4.78, 5) is 10.2. The van der Waals surface area contributed by atoms with Gasteiger partial charge in [-0.15, -0.1) is 0 Å².